The molecule has 4 heteroatoms. The van der Waals surface area contributed by atoms with E-state index in [0.29, 0.717) is 16.9 Å². The Morgan fingerprint density at radius 3 is 2.75 bits per heavy atom. The summed E-state index contributed by atoms with van der Waals surface area (Å²) in [4.78, 5) is 1.64. The van der Waals surface area contributed by atoms with Crippen LogP contribution in [-0.4, -0.2) is 17.3 Å². The summed E-state index contributed by atoms with van der Waals surface area (Å²) in [6.45, 7) is 2.35. The maximum absolute atomic E-state index is 5.94. The third kappa shape index (κ3) is 3.67. The summed E-state index contributed by atoms with van der Waals surface area (Å²) in [5.74, 6) is 0.703. The number of thioether (sulfide) groups is 1. The van der Waals surface area contributed by atoms with Gasteiger partial charge in [-0.3, -0.25) is 0 Å². The molecule has 110 valence electrons. The van der Waals surface area contributed by atoms with Gasteiger partial charge in [-0.1, -0.05) is 44.5 Å². The molecule has 0 spiro atoms. The molecule has 0 bridgehead atoms. The van der Waals surface area contributed by atoms with E-state index in [0.717, 1.165) is 16.1 Å². The lowest BCUT2D eigenvalue weighted by Crippen LogP contribution is -2.28. The van der Waals surface area contributed by atoms with Crippen LogP contribution in [0.1, 0.15) is 44.6 Å². The van der Waals surface area contributed by atoms with Gasteiger partial charge in [0.15, 0.2) is 0 Å². The largest absolute Gasteiger partial charge is 0.389 e. The molecule has 0 heterocycles. The van der Waals surface area contributed by atoms with Gasteiger partial charge in [-0.2, -0.15) is 0 Å². The number of thiocarbonyl (C=S) groups is 1. The zero-order chi connectivity index (χ0) is 14.5. The maximum Gasteiger partial charge on any atom is 0.107 e. The number of rotatable bonds is 4. The van der Waals surface area contributed by atoms with E-state index in [2.05, 4.69) is 36.7 Å². The lowest BCUT2D eigenvalue weighted by Gasteiger charge is -2.26. The number of anilines is 1. The molecule has 20 heavy (non-hydrogen) atoms. The Balaban J connectivity index is 2.25. The first-order valence-corrected chi connectivity index (χ1v) is 9.00. The van der Waals surface area contributed by atoms with E-state index in [-0.39, 0.29) is 0 Å². The molecular weight excluding hydrogens is 284 g/mol. The Morgan fingerprint density at radius 2 is 2.05 bits per heavy atom. The summed E-state index contributed by atoms with van der Waals surface area (Å²) >= 11 is 6.95. The predicted molar refractivity (Wildman–Crippen MR) is 93.8 cm³/mol. The van der Waals surface area contributed by atoms with Crippen LogP contribution in [0.25, 0.3) is 0 Å². The molecule has 0 aromatic heterocycles. The van der Waals surface area contributed by atoms with E-state index < -0.39 is 0 Å². The molecule has 2 atom stereocenters. The Hall–Kier alpha value is -0.740. The van der Waals surface area contributed by atoms with Crippen molar-refractivity contribution in [3.05, 3.63) is 23.8 Å². The first-order chi connectivity index (χ1) is 9.63. The van der Waals surface area contributed by atoms with E-state index in [1.165, 1.54) is 32.1 Å². The summed E-state index contributed by atoms with van der Waals surface area (Å²) in [7, 11) is 0. The van der Waals surface area contributed by atoms with Gasteiger partial charge in [-0.15, -0.1) is 11.8 Å². The van der Waals surface area contributed by atoms with Gasteiger partial charge in [0.25, 0.3) is 0 Å². The average molecular weight is 309 g/mol. The van der Waals surface area contributed by atoms with Gasteiger partial charge in [0, 0.05) is 22.2 Å². The van der Waals surface area contributed by atoms with Crippen molar-refractivity contribution in [2.75, 3.05) is 11.6 Å². The Kier molecular flexibility index (Phi) is 5.73. The molecule has 1 aromatic carbocycles. The molecule has 0 amide bonds. The minimum absolute atomic E-state index is 0.485. The van der Waals surface area contributed by atoms with Crippen molar-refractivity contribution < 1.29 is 0 Å². The summed E-state index contributed by atoms with van der Waals surface area (Å²) < 4.78 is 0. The van der Waals surface area contributed by atoms with Gasteiger partial charge in [0.1, 0.15) is 4.99 Å². The Labute approximate surface area is 131 Å². The summed E-state index contributed by atoms with van der Waals surface area (Å²) in [5, 5.41) is 3.71. The fourth-order valence-corrected chi connectivity index (χ4v) is 3.91. The standard InChI is InChI=1S/C16H24N2S2/c1-11-7-4-3-5-8-12(11)18-13-9-6-10-14(20-2)15(13)16(17)19/h6,9-12,18H,3-5,7-8H2,1-2H3,(H2,17,19). The van der Waals surface area contributed by atoms with Crippen LogP contribution in [0, 0.1) is 5.92 Å². The van der Waals surface area contributed by atoms with Gasteiger partial charge in [0.2, 0.25) is 0 Å². The Bertz CT molecular complexity index is 474. The quantitative estimate of drug-likeness (QED) is 0.490. The highest BCUT2D eigenvalue weighted by Gasteiger charge is 2.21. The van der Waals surface area contributed by atoms with Crippen LogP contribution in [0.4, 0.5) is 5.69 Å². The smallest absolute Gasteiger partial charge is 0.107 e. The summed E-state index contributed by atoms with van der Waals surface area (Å²) in [6, 6.07) is 6.80. The van der Waals surface area contributed by atoms with Gasteiger partial charge >= 0.3 is 0 Å². The minimum Gasteiger partial charge on any atom is -0.389 e. The summed E-state index contributed by atoms with van der Waals surface area (Å²) in [6.07, 6.45) is 8.63. The fourth-order valence-electron chi connectivity index (χ4n) is 2.98. The molecule has 1 aliphatic rings. The second-order valence-corrected chi connectivity index (χ2v) is 6.90. The molecule has 2 nitrogen and oxygen atoms in total. The molecule has 2 unspecified atom stereocenters. The van der Waals surface area contributed by atoms with E-state index >= 15 is 0 Å². The lowest BCUT2D eigenvalue weighted by atomic mass is 9.96. The second kappa shape index (κ2) is 7.32. The molecule has 1 fully saturated rings. The van der Waals surface area contributed by atoms with E-state index in [4.69, 9.17) is 18.0 Å². The van der Waals surface area contributed by atoms with Crippen LogP contribution in [0.5, 0.6) is 0 Å². The molecule has 1 aliphatic carbocycles. The SMILES string of the molecule is CSc1cccc(NC2CCCCCC2C)c1C(N)=S. The van der Waals surface area contributed by atoms with Crippen molar-refractivity contribution in [2.45, 2.75) is 50.0 Å². The second-order valence-electron chi connectivity index (χ2n) is 5.61. The third-order valence-corrected chi connectivity index (χ3v) is 5.18. The molecular formula is C16H24N2S2. The van der Waals surface area contributed by atoms with Crippen LogP contribution < -0.4 is 11.1 Å². The lowest BCUT2D eigenvalue weighted by molar-refractivity contribution is 0.456. The number of nitrogens with two attached hydrogens (primary N) is 1. The zero-order valence-corrected chi connectivity index (χ0v) is 13.9. The fraction of sp³-hybridized carbons (Fsp3) is 0.562. The molecule has 3 N–H and O–H groups in total. The normalized spacial score (nSPS) is 23.1. The molecule has 0 aliphatic heterocycles. The molecule has 1 saturated carbocycles. The molecule has 2 rings (SSSR count). The van der Waals surface area contributed by atoms with Crippen LogP contribution in [0.2, 0.25) is 0 Å². The highest BCUT2D eigenvalue weighted by molar-refractivity contribution is 7.98. The van der Waals surface area contributed by atoms with Gasteiger partial charge < -0.3 is 11.1 Å². The van der Waals surface area contributed by atoms with Gasteiger partial charge in [-0.25, -0.2) is 0 Å². The van der Waals surface area contributed by atoms with Gasteiger partial charge in [-0.05, 0) is 37.1 Å². The van der Waals surface area contributed by atoms with E-state index in [1.807, 2.05) is 0 Å². The molecule has 0 saturated heterocycles. The number of hydrogen-bond donors (Lipinski definition) is 2. The van der Waals surface area contributed by atoms with Crippen molar-refractivity contribution in [2.24, 2.45) is 11.7 Å². The average Bonchev–Trinajstić information content (AvgIpc) is 2.63. The number of benzene rings is 1. The first-order valence-electron chi connectivity index (χ1n) is 7.37. The van der Waals surface area contributed by atoms with Crippen molar-refractivity contribution in [3.8, 4) is 0 Å². The molecule has 0 radical (unpaired) electrons. The summed E-state index contributed by atoms with van der Waals surface area (Å²) in [5.41, 5.74) is 8.05. The van der Waals surface area contributed by atoms with Crippen LogP contribution in [0.3, 0.4) is 0 Å². The van der Waals surface area contributed by atoms with Crippen molar-refractivity contribution in [3.63, 3.8) is 0 Å². The minimum atomic E-state index is 0.485. The number of nitrogens with one attached hydrogen (secondary N) is 1. The monoisotopic (exact) mass is 308 g/mol. The van der Waals surface area contributed by atoms with Crippen LogP contribution in [0.15, 0.2) is 23.1 Å². The number of hydrogen-bond acceptors (Lipinski definition) is 3. The van der Waals surface area contributed by atoms with Crippen LogP contribution in [-0.2, 0) is 0 Å². The van der Waals surface area contributed by atoms with E-state index in [1.54, 1.807) is 11.8 Å². The first kappa shape index (κ1) is 15.6. The highest BCUT2D eigenvalue weighted by Crippen LogP contribution is 2.31. The zero-order valence-electron chi connectivity index (χ0n) is 12.3. The van der Waals surface area contributed by atoms with Crippen molar-refractivity contribution in [1.29, 1.82) is 0 Å². The highest BCUT2D eigenvalue weighted by atomic mass is 32.2. The van der Waals surface area contributed by atoms with Crippen molar-refractivity contribution >= 4 is 34.7 Å². The Morgan fingerprint density at radius 1 is 1.30 bits per heavy atom. The van der Waals surface area contributed by atoms with Crippen LogP contribution >= 0.6 is 24.0 Å². The van der Waals surface area contributed by atoms with Crippen molar-refractivity contribution in [1.82, 2.24) is 0 Å². The molecule has 1 aromatic rings. The topological polar surface area (TPSA) is 38.0 Å². The third-order valence-electron chi connectivity index (χ3n) is 4.19. The van der Waals surface area contributed by atoms with E-state index in [9.17, 15) is 0 Å². The van der Waals surface area contributed by atoms with Gasteiger partial charge in [0.05, 0.1) is 0 Å². The predicted octanol–water partition coefficient (Wildman–Crippen LogP) is 4.42. The maximum atomic E-state index is 5.94.